The van der Waals surface area contributed by atoms with Crippen LogP contribution in [0.4, 0.5) is 0 Å². The first-order valence-corrected chi connectivity index (χ1v) is 8.09. The van der Waals surface area contributed by atoms with Gasteiger partial charge in [-0.2, -0.15) is 10.5 Å². The highest BCUT2D eigenvalue weighted by Crippen LogP contribution is 2.45. The highest BCUT2D eigenvalue weighted by Gasteiger charge is 2.23. The van der Waals surface area contributed by atoms with E-state index in [1.54, 1.807) is 0 Å². The molecule has 0 spiro atoms. The molecular formula is C16H15ClS. The van der Waals surface area contributed by atoms with Gasteiger partial charge in [0.15, 0.2) is 0 Å². The van der Waals surface area contributed by atoms with Gasteiger partial charge in [0.2, 0.25) is 0 Å². The molecule has 2 heteroatoms. The van der Waals surface area contributed by atoms with Crippen molar-refractivity contribution in [3.63, 3.8) is 0 Å². The molecule has 0 fully saturated rings. The van der Waals surface area contributed by atoms with Crippen molar-refractivity contribution in [2.24, 2.45) is 0 Å². The average Bonchev–Trinajstić information content (AvgIpc) is 2.40. The highest BCUT2D eigenvalue weighted by molar-refractivity contribution is 8.14. The third-order valence-corrected chi connectivity index (χ3v) is 5.65. The van der Waals surface area contributed by atoms with E-state index < -0.39 is 0 Å². The maximum absolute atomic E-state index is 5.97. The molecule has 0 amide bonds. The molecule has 2 atom stereocenters. The van der Waals surface area contributed by atoms with Crippen LogP contribution in [0.3, 0.4) is 0 Å². The summed E-state index contributed by atoms with van der Waals surface area (Å²) in [5.74, 6) is 5.56. The Morgan fingerprint density at radius 1 is 1.06 bits per heavy atom. The average molecular weight is 275 g/mol. The number of rotatable bonds is 1. The lowest BCUT2D eigenvalue weighted by Crippen LogP contribution is -2.11. The molecule has 0 aliphatic carbocycles. The molecule has 92 valence electrons. The summed E-state index contributed by atoms with van der Waals surface area (Å²) >= 11 is 5.97. The van der Waals surface area contributed by atoms with E-state index in [1.165, 1.54) is 22.4 Å². The Kier molecular flexibility index (Phi) is 3.27. The largest absolute Gasteiger partial charge is 0.181 e. The molecule has 0 bridgehead atoms. The minimum Gasteiger partial charge on any atom is -0.181 e. The van der Waals surface area contributed by atoms with Crippen LogP contribution >= 0.6 is 22.1 Å². The van der Waals surface area contributed by atoms with Crippen molar-refractivity contribution < 1.29 is 0 Å². The Balaban J connectivity index is 2.10. The monoisotopic (exact) mass is 274 g/mol. The number of fused-ring (bicyclic) bond motifs is 1. The van der Waals surface area contributed by atoms with E-state index in [-0.39, 0.29) is 10.5 Å². The summed E-state index contributed by atoms with van der Waals surface area (Å²) in [6.45, 7) is 0. The fourth-order valence-electron chi connectivity index (χ4n) is 2.57. The van der Waals surface area contributed by atoms with Crippen molar-refractivity contribution in [1.82, 2.24) is 0 Å². The van der Waals surface area contributed by atoms with E-state index in [4.69, 9.17) is 11.6 Å². The minimum absolute atomic E-state index is 0.160. The van der Waals surface area contributed by atoms with E-state index in [1.807, 2.05) is 12.1 Å². The summed E-state index contributed by atoms with van der Waals surface area (Å²) in [7, 11) is 0.160. The molecule has 1 aliphatic heterocycles. The van der Waals surface area contributed by atoms with Gasteiger partial charge in [0.25, 0.3) is 0 Å². The molecule has 0 radical (unpaired) electrons. The maximum atomic E-state index is 5.97. The molecule has 0 nitrogen and oxygen atoms in total. The predicted molar refractivity (Wildman–Crippen MR) is 83.0 cm³/mol. The highest BCUT2D eigenvalue weighted by atomic mass is 35.5. The number of hydrogen-bond donors (Lipinski definition) is 0. The predicted octanol–water partition coefficient (Wildman–Crippen LogP) is 4.69. The SMILES string of the molecule is C=S1CCc2ccccc2[C@H]1c1ccc(Cl)cc1. The summed E-state index contributed by atoms with van der Waals surface area (Å²) in [5, 5.41) is 1.24. The van der Waals surface area contributed by atoms with E-state index in [0.29, 0.717) is 5.25 Å². The molecule has 0 saturated carbocycles. The maximum Gasteiger partial charge on any atom is 0.0494 e. The number of hydrogen-bond acceptors (Lipinski definition) is 0. The van der Waals surface area contributed by atoms with Gasteiger partial charge >= 0.3 is 0 Å². The lowest BCUT2D eigenvalue weighted by molar-refractivity contribution is 1.01. The lowest BCUT2D eigenvalue weighted by Gasteiger charge is -2.29. The van der Waals surface area contributed by atoms with Gasteiger partial charge in [-0.1, -0.05) is 53.9 Å². The van der Waals surface area contributed by atoms with Crippen molar-refractivity contribution in [3.8, 4) is 0 Å². The molecule has 1 aliphatic rings. The van der Waals surface area contributed by atoms with Gasteiger partial charge in [-0.3, -0.25) is 0 Å². The Bertz CT molecular complexity index is 586. The second-order valence-electron chi connectivity index (χ2n) is 4.62. The molecule has 3 rings (SSSR count). The van der Waals surface area contributed by atoms with E-state index in [9.17, 15) is 0 Å². The van der Waals surface area contributed by atoms with E-state index in [2.05, 4.69) is 42.3 Å². The van der Waals surface area contributed by atoms with Crippen LogP contribution in [-0.4, -0.2) is 11.6 Å². The fourth-order valence-corrected chi connectivity index (χ4v) is 4.54. The fraction of sp³-hybridized carbons (Fsp3) is 0.188. The Labute approximate surface area is 116 Å². The standard InChI is InChI=1S/C16H15ClS/c1-18-11-10-12-4-2-3-5-15(12)16(18)13-6-8-14(17)9-7-13/h2-9,16H,1,10-11H2/t16-,18?/m1/s1. The molecule has 1 heterocycles. The van der Waals surface area contributed by atoms with Crippen LogP contribution in [0.15, 0.2) is 48.5 Å². The van der Waals surface area contributed by atoms with Crippen molar-refractivity contribution in [2.75, 3.05) is 5.75 Å². The van der Waals surface area contributed by atoms with Gasteiger partial charge in [0.1, 0.15) is 0 Å². The molecule has 0 N–H and O–H groups in total. The van der Waals surface area contributed by atoms with Crippen molar-refractivity contribution in [2.45, 2.75) is 11.7 Å². The van der Waals surface area contributed by atoms with Gasteiger partial charge in [0.05, 0.1) is 0 Å². The second kappa shape index (κ2) is 4.91. The minimum atomic E-state index is 0.160. The molecule has 18 heavy (non-hydrogen) atoms. The van der Waals surface area contributed by atoms with Crippen LogP contribution in [-0.2, 0) is 6.42 Å². The molecule has 0 saturated heterocycles. The quantitative estimate of drug-likeness (QED) is 0.662. The number of benzene rings is 2. The Hall–Kier alpha value is -1.05. The molecule has 2 aromatic carbocycles. The van der Waals surface area contributed by atoms with Gasteiger partial charge in [0, 0.05) is 10.3 Å². The Morgan fingerprint density at radius 3 is 2.56 bits per heavy atom. The van der Waals surface area contributed by atoms with Crippen LogP contribution in [0.1, 0.15) is 21.9 Å². The van der Waals surface area contributed by atoms with Crippen LogP contribution in [0, 0.1) is 0 Å². The first-order valence-electron chi connectivity index (χ1n) is 6.08. The first-order chi connectivity index (χ1) is 8.75. The van der Waals surface area contributed by atoms with E-state index in [0.717, 1.165) is 11.4 Å². The van der Waals surface area contributed by atoms with Crippen molar-refractivity contribution in [1.29, 1.82) is 0 Å². The zero-order valence-corrected chi connectivity index (χ0v) is 11.7. The normalized spacial score (nSPS) is 22.5. The Morgan fingerprint density at radius 2 is 1.78 bits per heavy atom. The van der Waals surface area contributed by atoms with Crippen LogP contribution in [0.5, 0.6) is 0 Å². The summed E-state index contributed by atoms with van der Waals surface area (Å²) in [4.78, 5) is 0. The number of aryl methyl sites for hydroxylation is 1. The van der Waals surface area contributed by atoms with Crippen LogP contribution < -0.4 is 0 Å². The third-order valence-electron chi connectivity index (χ3n) is 3.48. The summed E-state index contributed by atoms with van der Waals surface area (Å²) < 4.78 is 0. The lowest BCUT2D eigenvalue weighted by atomic mass is 9.97. The molecular weight excluding hydrogens is 260 g/mol. The first kappa shape index (κ1) is 12.0. The van der Waals surface area contributed by atoms with Gasteiger partial charge in [-0.25, -0.2) is 0 Å². The van der Waals surface area contributed by atoms with Crippen molar-refractivity contribution in [3.05, 3.63) is 70.2 Å². The molecule has 0 aromatic heterocycles. The summed E-state index contributed by atoms with van der Waals surface area (Å²) in [6, 6.07) is 17.0. The van der Waals surface area contributed by atoms with Crippen molar-refractivity contribution >= 4 is 28.0 Å². The summed E-state index contributed by atoms with van der Waals surface area (Å²) in [5.41, 5.74) is 4.26. The topological polar surface area (TPSA) is 0 Å². The van der Waals surface area contributed by atoms with Crippen LogP contribution in [0.2, 0.25) is 5.02 Å². The summed E-state index contributed by atoms with van der Waals surface area (Å²) in [6.07, 6.45) is 1.16. The van der Waals surface area contributed by atoms with Gasteiger partial charge < -0.3 is 0 Å². The zero-order valence-electron chi connectivity index (χ0n) is 10.1. The molecule has 2 aromatic rings. The van der Waals surface area contributed by atoms with Gasteiger partial charge in [-0.15, -0.1) is 0 Å². The van der Waals surface area contributed by atoms with Gasteiger partial charge in [-0.05, 0) is 41.0 Å². The third kappa shape index (κ3) is 2.13. The van der Waals surface area contributed by atoms with E-state index >= 15 is 0 Å². The van der Waals surface area contributed by atoms with Crippen LogP contribution in [0.25, 0.3) is 0 Å². The molecule has 1 unspecified atom stereocenters. The smallest absolute Gasteiger partial charge is 0.0494 e. The second-order valence-corrected chi connectivity index (χ2v) is 7.01. The number of halogens is 1. The zero-order chi connectivity index (χ0) is 12.5.